The molecule has 2 aliphatic rings. The van der Waals surface area contributed by atoms with E-state index >= 15 is 0 Å². The van der Waals surface area contributed by atoms with Crippen molar-refractivity contribution in [3.05, 3.63) is 0 Å². The molecule has 0 unspecified atom stereocenters. The van der Waals surface area contributed by atoms with Gasteiger partial charge < -0.3 is 15.0 Å². The first-order valence-electron chi connectivity index (χ1n) is 8.02. The number of nitrogens with one attached hydrogen (secondary N) is 1. The van der Waals surface area contributed by atoms with E-state index < -0.39 is 0 Å². The van der Waals surface area contributed by atoms with Gasteiger partial charge in [-0.1, -0.05) is 13.8 Å². The van der Waals surface area contributed by atoms with Crippen molar-refractivity contribution in [2.75, 3.05) is 33.9 Å². The normalized spacial score (nSPS) is 35.5. The minimum absolute atomic E-state index is 0.307. The first kappa shape index (κ1) is 15.3. The van der Waals surface area contributed by atoms with Gasteiger partial charge in [-0.3, -0.25) is 0 Å². The molecular formula is C16H32N2O. The molecule has 1 N–H and O–H groups in total. The van der Waals surface area contributed by atoms with Crippen LogP contribution in [0.1, 0.15) is 46.0 Å². The van der Waals surface area contributed by atoms with E-state index in [1.807, 2.05) is 0 Å². The van der Waals surface area contributed by atoms with Gasteiger partial charge in [0.05, 0.1) is 0 Å². The Bertz CT molecular complexity index is 274. The second-order valence-electron chi connectivity index (χ2n) is 7.11. The zero-order valence-corrected chi connectivity index (χ0v) is 13.2. The van der Waals surface area contributed by atoms with Crippen molar-refractivity contribution in [3.8, 4) is 0 Å². The molecule has 0 aromatic heterocycles. The van der Waals surface area contributed by atoms with Gasteiger partial charge >= 0.3 is 0 Å². The summed E-state index contributed by atoms with van der Waals surface area (Å²) in [5.41, 5.74) is 0.307. The highest BCUT2D eigenvalue weighted by Gasteiger charge is 2.36. The molecule has 3 heteroatoms. The first-order chi connectivity index (χ1) is 9.03. The molecule has 0 bridgehead atoms. The van der Waals surface area contributed by atoms with Gasteiger partial charge in [0.1, 0.15) is 0 Å². The van der Waals surface area contributed by atoms with Gasteiger partial charge in [0.25, 0.3) is 0 Å². The Balaban J connectivity index is 1.88. The van der Waals surface area contributed by atoms with Crippen LogP contribution < -0.4 is 5.32 Å². The maximum Gasteiger partial charge on any atom is 0.0484 e. The van der Waals surface area contributed by atoms with Gasteiger partial charge in [-0.15, -0.1) is 0 Å². The monoisotopic (exact) mass is 268 g/mol. The van der Waals surface area contributed by atoms with Gasteiger partial charge in [-0.2, -0.15) is 0 Å². The maximum absolute atomic E-state index is 5.55. The van der Waals surface area contributed by atoms with Gasteiger partial charge in [0.2, 0.25) is 0 Å². The van der Waals surface area contributed by atoms with E-state index in [1.165, 1.54) is 19.3 Å². The molecule has 2 rings (SSSR count). The quantitative estimate of drug-likeness (QED) is 0.848. The zero-order chi connectivity index (χ0) is 13.9. The molecule has 1 saturated carbocycles. The Morgan fingerprint density at radius 2 is 1.84 bits per heavy atom. The third kappa shape index (κ3) is 3.71. The maximum atomic E-state index is 5.55. The molecule has 0 amide bonds. The largest absolute Gasteiger partial charge is 0.381 e. The van der Waals surface area contributed by atoms with Crippen molar-refractivity contribution in [2.45, 2.75) is 57.5 Å². The van der Waals surface area contributed by atoms with Gasteiger partial charge in [-0.25, -0.2) is 0 Å². The number of ether oxygens (including phenoxy) is 1. The summed E-state index contributed by atoms with van der Waals surface area (Å²) in [5, 5.41) is 3.89. The number of hydrogen-bond donors (Lipinski definition) is 1. The van der Waals surface area contributed by atoms with E-state index in [-0.39, 0.29) is 0 Å². The van der Waals surface area contributed by atoms with Crippen LogP contribution in [0, 0.1) is 11.8 Å². The lowest BCUT2D eigenvalue weighted by atomic mass is 9.79. The summed E-state index contributed by atoms with van der Waals surface area (Å²) in [6.07, 6.45) is 6.44. The number of hydrogen-bond acceptors (Lipinski definition) is 3. The predicted octanol–water partition coefficient (Wildman–Crippen LogP) is 2.51. The molecule has 1 aliphatic heterocycles. The van der Waals surface area contributed by atoms with Gasteiger partial charge in [0, 0.05) is 31.3 Å². The number of likely N-dealkylation sites (N-methyl/N-ethyl adjacent to an activating group) is 1. The highest BCUT2D eigenvalue weighted by Crippen LogP contribution is 2.30. The van der Waals surface area contributed by atoms with Gasteiger partial charge in [0.15, 0.2) is 0 Å². The van der Waals surface area contributed by atoms with Crippen molar-refractivity contribution in [3.63, 3.8) is 0 Å². The van der Waals surface area contributed by atoms with E-state index in [4.69, 9.17) is 4.74 Å². The summed E-state index contributed by atoms with van der Waals surface area (Å²) in [4.78, 5) is 2.42. The molecule has 19 heavy (non-hydrogen) atoms. The van der Waals surface area contributed by atoms with Crippen LogP contribution in [-0.2, 0) is 4.74 Å². The molecule has 3 atom stereocenters. The molecule has 1 aliphatic carbocycles. The van der Waals surface area contributed by atoms with Crippen molar-refractivity contribution in [1.29, 1.82) is 0 Å². The fourth-order valence-corrected chi connectivity index (χ4v) is 3.82. The number of nitrogens with zero attached hydrogens (tertiary/aromatic N) is 1. The summed E-state index contributed by atoms with van der Waals surface area (Å²) in [5.74, 6) is 1.74. The third-order valence-corrected chi connectivity index (χ3v) is 5.50. The molecule has 0 radical (unpaired) electrons. The lowest BCUT2D eigenvalue weighted by Gasteiger charge is -2.45. The molecule has 3 nitrogen and oxygen atoms in total. The standard InChI is InChI=1S/C16H32N2O/c1-13-5-6-15(14(2)11-13)17-12-16(18(3)4)7-9-19-10-8-16/h13-15,17H,5-12H2,1-4H3/t13-,14+,15+/m1/s1. The van der Waals surface area contributed by atoms with Crippen molar-refractivity contribution in [2.24, 2.45) is 11.8 Å². The molecular weight excluding hydrogens is 236 g/mol. The third-order valence-electron chi connectivity index (χ3n) is 5.50. The summed E-state index contributed by atoms with van der Waals surface area (Å²) in [6, 6.07) is 0.718. The fraction of sp³-hybridized carbons (Fsp3) is 1.00. The van der Waals surface area contributed by atoms with E-state index in [0.29, 0.717) is 5.54 Å². The number of rotatable bonds is 4. The SMILES string of the molecule is C[C@@H]1CC[C@H](NCC2(N(C)C)CCOCC2)[C@@H](C)C1. The Kier molecular flexibility index (Phi) is 5.27. The summed E-state index contributed by atoms with van der Waals surface area (Å²) in [7, 11) is 4.44. The van der Waals surface area contributed by atoms with Crippen molar-refractivity contribution < 1.29 is 4.74 Å². The van der Waals surface area contributed by atoms with Crippen LogP contribution in [-0.4, -0.2) is 50.3 Å². The molecule has 0 aromatic rings. The van der Waals surface area contributed by atoms with E-state index in [2.05, 4.69) is 38.2 Å². The van der Waals surface area contributed by atoms with E-state index in [1.54, 1.807) is 0 Å². The minimum Gasteiger partial charge on any atom is -0.381 e. The molecule has 0 aromatic carbocycles. The van der Waals surface area contributed by atoms with Crippen LogP contribution in [0.5, 0.6) is 0 Å². The minimum atomic E-state index is 0.307. The molecule has 1 heterocycles. The summed E-state index contributed by atoms with van der Waals surface area (Å²) < 4.78 is 5.55. The van der Waals surface area contributed by atoms with Crippen LogP contribution in [0.15, 0.2) is 0 Å². The Labute approximate surface area is 119 Å². The van der Waals surface area contributed by atoms with E-state index in [0.717, 1.165) is 50.5 Å². The molecule has 1 saturated heterocycles. The summed E-state index contributed by atoms with van der Waals surface area (Å²) in [6.45, 7) is 7.76. The van der Waals surface area contributed by atoms with Crippen molar-refractivity contribution >= 4 is 0 Å². The Morgan fingerprint density at radius 3 is 2.42 bits per heavy atom. The van der Waals surface area contributed by atoms with Crippen molar-refractivity contribution in [1.82, 2.24) is 10.2 Å². The Morgan fingerprint density at radius 1 is 1.16 bits per heavy atom. The Hall–Kier alpha value is -0.120. The molecule has 112 valence electrons. The van der Waals surface area contributed by atoms with Crippen LogP contribution in [0.2, 0.25) is 0 Å². The van der Waals surface area contributed by atoms with E-state index in [9.17, 15) is 0 Å². The second-order valence-corrected chi connectivity index (χ2v) is 7.11. The molecule has 2 fully saturated rings. The topological polar surface area (TPSA) is 24.5 Å². The second kappa shape index (κ2) is 6.55. The highest BCUT2D eigenvalue weighted by molar-refractivity contribution is 4.94. The smallest absolute Gasteiger partial charge is 0.0484 e. The molecule has 0 spiro atoms. The van der Waals surface area contributed by atoms with Crippen LogP contribution in [0.4, 0.5) is 0 Å². The van der Waals surface area contributed by atoms with Crippen LogP contribution in [0.3, 0.4) is 0 Å². The average molecular weight is 268 g/mol. The lowest BCUT2D eigenvalue weighted by Crippen LogP contribution is -2.57. The van der Waals surface area contributed by atoms with Crippen LogP contribution in [0.25, 0.3) is 0 Å². The summed E-state index contributed by atoms with van der Waals surface area (Å²) >= 11 is 0. The predicted molar refractivity (Wildman–Crippen MR) is 80.4 cm³/mol. The highest BCUT2D eigenvalue weighted by atomic mass is 16.5. The first-order valence-corrected chi connectivity index (χ1v) is 8.02. The lowest BCUT2D eigenvalue weighted by molar-refractivity contribution is -0.00998. The van der Waals surface area contributed by atoms with Crippen LogP contribution >= 0.6 is 0 Å². The fourth-order valence-electron chi connectivity index (χ4n) is 3.82. The van der Waals surface area contributed by atoms with Gasteiger partial charge in [-0.05, 0) is 58.0 Å². The average Bonchev–Trinajstić information content (AvgIpc) is 2.38. The zero-order valence-electron chi connectivity index (χ0n) is 13.2.